The van der Waals surface area contributed by atoms with Crippen LogP contribution >= 0.6 is 0 Å². The van der Waals surface area contributed by atoms with Crippen LogP contribution in [0.2, 0.25) is 0 Å². The average molecular weight is 546 g/mol. The van der Waals surface area contributed by atoms with E-state index in [1.54, 1.807) is 20.8 Å². The van der Waals surface area contributed by atoms with Gasteiger partial charge in [-0.15, -0.1) is 0 Å². The number of para-hydroxylation sites is 1. The van der Waals surface area contributed by atoms with Crippen molar-refractivity contribution in [1.82, 2.24) is 10.5 Å². The largest absolute Gasteiger partial charge is 0.469 e. The third-order valence-corrected chi connectivity index (χ3v) is 5.85. The molecule has 2 rings (SSSR count). The van der Waals surface area contributed by atoms with Gasteiger partial charge in [0.05, 0.1) is 13.0 Å². The van der Waals surface area contributed by atoms with Crippen LogP contribution < -0.4 is 16.9 Å². The van der Waals surface area contributed by atoms with Gasteiger partial charge in [0.2, 0.25) is 0 Å². The lowest BCUT2D eigenvalue weighted by molar-refractivity contribution is -0.148. The smallest absolute Gasteiger partial charge is 0.431 e. The first-order chi connectivity index (χ1) is 18.4. The van der Waals surface area contributed by atoms with Crippen molar-refractivity contribution in [3.63, 3.8) is 0 Å². The predicted octanol–water partition coefficient (Wildman–Crippen LogP) is 2.54. The summed E-state index contributed by atoms with van der Waals surface area (Å²) in [7, 11) is 1.26. The number of carbonyl (C=O) groups excluding carboxylic acids is 4. The first kappa shape index (κ1) is 31.3. The van der Waals surface area contributed by atoms with Gasteiger partial charge in [-0.25, -0.2) is 4.79 Å². The minimum Gasteiger partial charge on any atom is -0.469 e. The molecule has 1 amide bonds. The molecular formula is C27H39N5O7. The number of aliphatic imine (C=N–C) groups is 1. The van der Waals surface area contributed by atoms with E-state index >= 15 is 0 Å². The fourth-order valence-corrected chi connectivity index (χ4v) is 4.10. The Morgan fingerprint density at radius 3 is 2.46 bits per heavy atom. The molecule has 0 radical (unpaired) electrons. The fourth-order valence-electron chi connectivity index (χ4n) is 4.10. The molecule has 2 atom stereocenters. The number of benzene rings is 1. The number of hydrogen-bond donors (Lipinski definition) is 4. The maximum Gasteiger partial charge on any atom is 0.431 e. The monoisotopic (exact) mass is 545 g/mol. The highest BCUT2D eigenvalue weighted by Gasteiger charge is 2.29. The molecule has 0 spiro atoms. The second-order valence-electron chi connectivity index (χ2n) is 10.2. The van der Waals surface area contributed by atoms with Crippen molar-refractivity contribution in [2.45, 2.75) is 58.5 Å². The number of nitrogens with zero attached hydrogens (tertiary/aromatic N) is 1. The fraction of sp³-hybridized carbons (Fsp3) is 0.519. The standard InChI is InChI=1S/C27H39N5O7/c1-27(2,3)39-26(36)32-38-16-20(33)13-18(12-19-15-31-22-10-6-5-9-21(19)22)23(34)14-17(24(35)37-4)8-7-11-30-25(28)29/h5-6,9-10,15,17-18,31H,7-8,11-14,16H2,1-4H3,(H,32,36)(H4,28,29,30). The third kappa shape index (κ3) is 11.1. The number of carbonyl (C=O) groups is 4. The molecule has 0 aliphatic rings. The molecule has 0 saturated carbocycles. The number of hydrogen-bond acceptors (Lipinski definition) is 8. The van der Waals surface area contributed by atoms with Gasteiger partial charge in [-0.1, -0.05) is 18.2 Å². The van der Waals surface area contributed by atoms with Gasteiger partial charge < -0.3 is 25.9 Å². The van der Waals surface area contributed by atoms with Crippen molar-refractivity contribution in [2.24, 2.45) is 28.3 Å². The Labute approximate surface area is 227 Å². The van der Waals surface area contributed by atoms with E-state index in [2.05, 4.69) is 15.5 Å². The Morgan fingerprint density at radius 1 is 1.08 bits per heavy atom. The van der Waals surface area contributed by atoms with E-state index in [9.17, 15) is 19.2 Å². The summed E-state index contributed by atoms with van der Waals surface area (Å²) in [6, 6.07) is 7.63. The molecule has 39 heavy (non-hydrogen) atoms. The van der Waals surface area contributed by atoms with Crippen LogP contribution in [-0.4, -0.2) is 60.4 Å². The second kappa shape index (κ2) is 14.9. The van der Waals surface area contributed by atoms with Crippen molar-refractivity contribution < 1.29 is 33.5 Å². The molecule has 0 fully saturated rings. The van der Waals surface area contributed by atoms with Crippen LogP contribution in [0.4, 0.5) is 4.79 Å². The summed E-state index contributed by atoms with van der Waals surface area (Å²) in [5.74, 6) is -2.66. The van der Waals surface area contributed by atoms with Crippen LogP contribution in [0.5, 0.6) is 0 Å². The number of ketones is 2. The second-order valence-corrected chi connectivity index (χ2v) is 10.2. The van der Waals surface area contributed by atoms with Crippen molar-refractivity contribution in [2.75, 3.05) is 20.3 Å². The van der Waals surface area contributed by atoms with E-state index in [1.165, 1.54) is 7.11 Å². The highest BCUT2D eigenvalue weighted by atomic mass is 16.7. The number of nitrogens with one attached hydrogen (secondary N) is 2. The molecule has 0 bridgehead atoms. The summed E-state index contributed by atoms with van der Waals surface area (Å²) in [6.07, 6.45) is 1.82. The number of rotatable bonds is 15. The summed E-state index contributed by atoms with van der Waals surface area (Å²) in [5.41, 5.74) is 13.8. The number of H-pyrrole nitrogens is 1. The number of aromatic amines is 1. The highest BCUT2D eigenvalue weighted by molar-refractivity contribution is 5.92. The molecule has 2 aromatic rings. The molecule has 214 valence electrons. The van der Waals surface area contributed by atoms with Gasteiger partial charge >= 0.3 is 12.1 Å². The highest BCUT2D eigenvalue weighted by Crippen LogP contribution is 2.25. The van der Waals surface area contributed by atoms with Crippen molar-refractivity contribution in [3.05, 3.63) is 36.0 Å². The molecule has 1 heterocycles. The molecule has 12 heteroatoms. The first-order valence-electron chi connectivity index (χ1n) is 12.7. The molecule has 0 saturated heterocycles. The number of esters is 1. The molecule has 12 nitrogen and oxygen atoms in total. The lowest BCUT2D eigenvalue weighted by Gasteiger charge is -2.20. The zero-order chi connectivity index (χ0) is 29.0. The first-order valence-corrected chi connectivity index (χ1v) is 12.7. The van der Waals surface area contributed by atoms with Gasteiger partial charge in [0.1, 0.15) is 18.0 Å². The summed E-state index contributed by atoms with van der Waals surface area (Å²) >= 11 is 0. The average Bonchev–Trinajstić information content (AvgIpc) is 3.26. The van der Waals surface area contributed by atoms with Crippen molar-refractivity contribution in [3.8, 4) is 0 Å². The van der Waals surface area contributed by atoms with Crippen LogP contribution in [-0.2, 0) is 35.1 Å². The Bertz CT molecular complexity index is 1160. The van der Waals surface area contributed by atoms with Crippen LogP contribution in [0.25, 0.3) is 10.9 Å². The zero-order valence-corrected chi connectivity index (χ0v) is 23.0. The van der Waals surface area contributed by atoms with Crippen LogP contribution in [0.1, 0.15) is 52.0 Å². The summed E-state index contributed by atoms with van der Waals surface area (Å²) in [5, 5.41) is 0.937. The number of nitrogens with two attached hydrogens (primary N) is 2. The number of aromatic nitrogens is 1. The number of methoxy groups -OCH3 is 1. The lowest BCUT2D eigenvalue weighted by atomic mass is 9.85. The third-order valence-electron chi connectivity index (χ3n) is 5.85. The number of guanidine groups is 1. The topological polar surface area (TPSA) is 188 Å². The van der Waals surface area contributed by atoms with Crippen LogP contribution in [0, 0.1) is 11.8 Å². The summed E-state index contributed by atoms with van der Waals surface area (Å²) in [6.45, 7) is 4.95. The number of Topliss-reactive ketones (excluding diaryl/α,β-unsaturated/α-hetero) is 2. The zero-order valence-electron chi connectivity index (χ0n) is 23.0. The van der Waals surface area contributed by atoms with Crippen molar-refractivity contribution in [1.29, 1.82) is 0 Å². The van der Waals surface area contributed by atoms with E-state index in [-0.39, 0.29) is 31.0 Å². The van der Waals surface area contributed by atoms with Crippen LogP contribution in [0.3, 0.4) is 0 Å². The van der Waals surface area contributed by atoms with Gasteiger partial charge in [0.25, 0.3) is 0 Å². The van der Waals surface area contributed by atoms with E-state index < -0.39 is 41.9 Å². The van der Waals surface area contributed by atoms with E-state index in [0.29, 0.717) is 19.4 Å². The Morgan fingerprint density at radius 2 is 1.79 bits per heavy atom. The summed E-state index contributed by atoms with van der Waals surface area (Å²) in [4.78, 5) is 62.5. The Balaban J connectivity index is 2.12. The lowest BCUT2D eigenvalue weighted by Crippen LogP contribution is -2.34. The molecule has 6 N–H and O–H groups in total. The van der Waals surface area contributed by atoms with Gasteiger partial charge in [0, 0.05) is 42.4 Å². The molecule has 2 unspecified atom stereocenters. The van der Waals surface area contributed by atoms with Crippen molar-refractivity contribution >= 4 is 40.5 Å². The number of hydroxylamine groups is 1. The molecule has 0 aliphatic carbocycles. The van der Waals surface area contributed by atoms with Crippen LogP contribution in [0.15, 0.2) is 35.5 Å². The normalized spacial score (nSPS) is 12.8. The van der Waals surface area contributed by atoms with E-state index in [0.717, 1.165) is 16.5 Å². The molecule has 0 aliphatic heterocycles. The number of ether oxygens (including phenoxy) is 2. The minimum atomic E-state index is -0.830. The SMILES string of the molecule is COC(=O)C(CCCN=C(N)N)CC(=O)C(CC(=O)CONC(=O)OC(C)(C)C)Cc1c[nH]c2ccccc12. The van der Waals surface area contributed by atoms with E-state index in [4.69, 9.17) is 25.8 Å². The summed E-state index contributed by atoms with van der Waals surface area (Å²) < 4.78 is 9.98. The number of amides is 1. The van der Waals surface area contributed by atoms with Gasteiger partial charge in [-0.2, -0.15) is 5.48 Å². The quantitative estimate of drug-likeness (QED) is 0.0857. The predicted molar refractivity (Wildman–Crippen MR) is 145 cm³/mol. The maximum atomic E-state index is 13.5. The minimum absolute atomic E-state index is 0.0543. The van der Waals surface area contributed by atoms with Gasteiger partial charge in [-0.3, -0.25) is 24.2 Å². The Hall–Kier alpha value is -3.93. The molecular weight excluding hydrogens is 506 g/mol. The maximum absolute atomic E-state index is 13.5. The molecule has 1 aromatic heterocycles. The Kier molecular flexibility index (Phi) is 11.9. The number of fused-ring (bicyclic) bond motifs is 1. The molecule has 1 aromatic carbocycles. The van der Waals surface area contributed by atoms with Gasteiger partial charge in [0.15, 0.2) is 11.7 Å². The van der Waals surface area contributed by atoms with Gasteiger partial charge in [-0.05, 0) is 51.7 Å². The van der Waals surface area contributed by atoms with E-state index in [1.807, 2.05) is 30.5 Å².